The van der Waals surface area contributed by atoms with Crippen molar-refractivity contribution in [2.75, 3.05) is 14.2 Å². The first kappa shape index (κ1) is 14.4. The van der Waals surface area contributed by atoms with E-state index in [9.17, 15) is 9.59 Å². The zero-order valence-electron chi connectivity index (χ0n) is 10.1. The van der Waals surface area contributed by atoms with Crippen LogP contribution in [0.4, 0.5) is 4.79 Å². The second-order valence-corrected chi connectivity index (χ2v) is 3.21. The number of nitrogens with one attached hydrogen (secondary N) is 1. The van der Waals surface area contributed by atoms with Gasteiger partial charge in [0, 0.05) is 7.05 Å². The summed E-state index contributed by atoms with van der Waals surface area (Å²) in [5.41, 5.74) is 0. The van der Waals surface area contributed by atoms with Crippen LogP contribution in [0.3, 0.4) is 0 Å². The van der Waals surface area contributed by atoms with E-state index in [2.05, 4.69) is 11.9 Å². The molecule has 0 unspecified atom stereocenters. The average molecular weight is 230 g/mol. The smallest absolute Gasteiger partial charge is 0.412 e. The maximum absolute atomic E-state index is 11.6. The van der Waals surface area contributed by atoms with Gasteiger partial charge >= 0.3 is 6.09 Å². The monoisotopic (exact) mass is 230 g/mol. The minimum Gasteiger partial charge on any atom is -0.416 e. The Kier molecular flexibility index (Phi) is 6.17. The minimum absolute atomic E-state index is 0.264. The highest BCUT2D eigenvalue weighted by Crippen LogP contribution is 1.99. The number of carbonyl (C=O) groups excluding carboxylic acids is 2. The van der Waals surface area contributed by atoms with E-state index in [-0.39, 0.29) is 11.7 Å². The summed E-state index contributed by atoms with van der Waals surface area (Å²) in [5.74, 6) is -0.0800. The van der Waals surface area contributed by atoms with Crippen molar-refractivity contribution < 1.29 is 19.2 Å². The predicted octanol–water partition coefficient (Wildman–Crippen LogP) is 1.04. The molecule has 6 heteroatoms. The van der Waals surface area contributed by atoms with E-state index in [4.69, 9.17) is 9.57 Å². The Labute approximate surface area is 95.1 Å². The summed E-state index contributed by atoms with van der Waals surface area (Å²) in [6.07, 6.45) is -0.255. The zero-order chi connectivity index (χ0) is 12.7. The summed E-state index contributed by atoms with van der Waals surface area (Å²) in [6.45, 7) is 6.74. The van der Waals surface area contributed by atoms with Crippen molar-refractivity contribution >= 4 is 12.0 Å². The fourth-order valence-corrected chi connectivity index (χ4v) is 0.978. The number of hydrogen-bond donors (Lipinski definition) is 1. The number of likely N-dealkylation sites (N-methyl/N-ethyl adjacent to an activating group) is 1. The molecule has 0 saturated heterocycles. The third-order valence-electron chi connectivity index (χ3n) is 1.85. The number of nitrogens with zero attached hydrogens (tertiary/aromatic N) is 1. The number of rotatable bonds is 5. The van der Waals surface area contributed by atoms with Crippen LogP contribution in [0.25, 0.3) is 0 Å². The highest BCUT2D eigenvalue weighted by Gasteiger charge is 2.23. The molecule has 0 bridgehead atoms. The molecule has 0 aromatic rings. The molecule has 0 saturated carbocycles. The van der Waals surface area contributed by atoms with E-state index in [0.29, 0.717) is 6.42 Å². The van der Waals surface area contributed by atoms with Crippen molar-refractivity contribution in [1.82, 2.24) is 10.4 Å². The summed E-state index contributed by atoms with van der Waals surface area (Å²) in [4.78, 5) is 27.6. The van der Waals surface area contributed by atoms with Crippen molar-refractivity contribution in [2.45, 2.75) is 26.3 Å². The normalized spacial score (nSPS) is 11.5. The van der Waals surface area contributed by atoms with E-state index >= 15 is 0 Å². The van der Waals surface area contributed by atoms with Crippen LogP contribution in [-0.4, -0.2) is 37.3 Å². The summed E-state index contributed by atoms with van der Waals surface area (Å²) in [6, 6.07) is -0.670. The fraction of sp³-hybridized carbons (Fsp3) is 0.600. The lowest BCUT2D eigenvalue weighted by molar-refractivity contribution is -0.170. The molecular weight excluding hydrogens is 212 g/mol. The van der Waals surface area contributed by atoms with Crippen molar-refractivity contribution in [1.29, 1.82) is 0 Å². The van der Waals surface area contributed by atoms with Crippen LogP contribution in [-0.2, 0) is 14.4 Å². The number of allylic oxidation sites excluding steroid dienone is 1. The molecule has 0 rings (SSSR count). The number of carbonyl (C=O) groups is 2. The lowest BCUT2D eigenvalue weighted by atomic mass is 10.2. The molecule has 2 amide bonds. The number of hydrogen-bond acceptors (Lipinski definition) is 4. The Bertz CT molecular complexity index is 278. The molecule has 0 aromatic carbocycles. The molecule has 0 fully saturated rings. The highest BCUT2D eigenvalue weighted by atomic mass is 16.7. The molecule has 16 heavy (non-hydrogen) atoms. The standard InChI is InChI=1S/C10H18N2O4/c1-6-8(9(13)12(4)15-5)11-10(14)16-7(2)3/h8H,2,6H2,1,3-5H3,(H,11,14)/t8-/m0/s1. The molecule has 0 aliphatic rings. The highest BCUT2D eigenvalue weighted by molar-refractivity contribution is 5.84. The number of amides is 2. The molecule has 0 spiro atoms. The van der Waals surface area contributed by atoms with Gasteiger partial charge in [0.05, 0.1) is 12.9 Å². The van der Waals surface area contributed by atoms with Gasteiger partial charge in [0.15, 0.2) is 0 Å². The maximum atomic E-state index is 11.6. The second kappa shape index (κ2) is 6.84. The van der Waals surface area contributed by atoms with Gasteiger partial charge in [0.25, 0.3) is 5.91 Å². The van der Waals surface area contributed by atoms with Crippen molar-refractivity contribution in [2.24, 2.45) is 0 Å². The molecule has 0 aromatic heterocycles. The van der Waals surface area contributed by atoms with E-state index in [1.807, 2.05) is 0 Å². The fourth-order valence-electron chi connectivity index (χ4n) is 0.978. The number of ether oxygens (including phenoxy) is 1. The van der Waals surface area contributed by atoms with Crippen LogP contribution in [0.1, 0.15) is 20.3 Å². The molecule has 0 heterocycles. The average Bonchev–Trinajstić information content (AvgIpc) is 2.22. The lowest BCUT2D eigenvalue weighted by Crippen LogP contribution is -2.46. The first-order valence-electron chi connectivity index (χ1n) is 4.87. The van der Waals surface area contributed by atoms with Crippen LogP contribution >= 0.6 is 0 Å². The molecule has 1 N–H and O–H groups in total. The van der Waals surface area contributed by atoms with Gasteiger partial charge in [-0.1, -0.05) is 13.5 Å². The van der Waals surface area contributed by atoms with Gasteiger partial charge in [0.1, 0.15) is 6.04 Å². The largest absolute Gasteiger partial charge is 0.416 e. The lowest BCUT2D eigenvalue weighted by Gasteiger charge is -2.21. The van der Waals surface area contributed by atoms with Crippen molar-refractivity contribution in [3.63, 3.8) is 0 Å². The summed E-state index contributed by atoms with van der Waals surface area (Å²) in [5, 5.41) is 3.47. The van der Waals surface area contributed by atoms with Crippen LogP contribution in [0.15, 0.2) is 12.3 Å². The predicted molar refractivity (Wildman–Crippen MR) is 58.3 cm³/mol. The molecule has 6 nitrogen and oxygen atoms in total. The second-order valence-electron chi connectivity index (χ2n) is 3.21. The Morgan fingerprint density at radius 2 is 2.06 bits per heavy atom. The summed E-state index contributed by atoms with van der Waals surface area (Å²) < 4.78 is 4.69. The number of hydroxylamine groups is 2. The summed E-state index contributed by atoms with van der Waals surface area (Å²) >= 11 is 0. The van der Waals surface area contributed by atoms with Gasteiger partial charge in [-0.15, -0.1) is 0 Å². The third kappa shape index (κ3) is 4.79. The van der Waals surface area contributed by atoms with Crippen molar-refractivity contribution in [3.05, 3.63) is 12.3 Å². The van der Waals surface area contributed by atoms with Gasteiger partial charge in [-0.2, -0.15) is 0 Å². The third-order valence-corrected chi connectivity index (χ3v) is 1.85. The molecular formula is C10H18N2O4. The van der Waals surface area contributed by atoms with Crippen LogP contribution in [0.2, 0.25) is 0 Å². The van der Waals surface area contributed by atoms with E-state index in [0.717, 1.165) is 5.06 Å². The Morgan fingerprint density at radius 1 is 1.50 bits per heavy atom. The molecule has 0 aliphatic heterocycles. The van der Waals surface area contributed by atoms with Gasteiger partial charge in [-0.3, -0.25) is 9.63 Å². The molecule has 0 radical (unpaired) electrons. The Hall–Kier alpha value is -1.56. The van der Waals surface area contributed by atoms with Crippen molar-refractivity contribution in [3.8, 4) is 0 Å². The molecule has 0 aliphatic carbocycles. The van der Waals surface area contributed by atoms with Crippen LogP contribution in [0, 0.1) is 0 Å². The van der Waals surface area contributed by atoms with Gasteiger partial charge < -0.3 is 10.1 Å². The van der Waals surface area contributed by atoms with Gasteiger partial charge in [-0.25, -0.2) is 9.86 Å². The van der Waals surface area contributed by atoms with Crippen LogP contribution in [0.5, 0.6) is 0 Å². The molecule has 92 valence electrons. The quantitative estimate of drug-likeness (QED) is 0.566. The SMILES string of the molecule is C=C(C)OC(=O)N[C@@H](CC)C(=O)N(C)OC. The van der Waals surface area contributed by atoms with E-state index < -0.39 is 12.1 Å². The van der Waals surface area contributed by atoms with E-state index in [1.165, 1.54) is 14.2 Å². The van der Waals surface area contributed by atoms with Crippen LogP contribution < -0.4 is 5.32 Å². The van der Waals surface area contributed by atoms with Gasteiger partial charge in [-0.05, 0) is 13.3 Å². The first-order chi connectivity index (χ1) is 7.42. The molecule has 1 atom stereocenters. The topological polar surface area (TPSA) is 67.9 Å². The maximum Gasteiger partial charge on any atom is 0.412 e. The number of alkyl carbamates (subject to hydrolysis) is 1. The minimum atomic E-state index is -0.697. The van der Waals surface area contributed by atoms with E-state index in [1.54, 1.807) is 13.8 Å². The summed E-state index contributed by atoms with van der Waals surface area (Å²) in [7, 11) is 2.84. The van der Waals surface area contributed by atoms with Gasteiger partial charge in [0.2, 0.25) is 0 Å². The Balaban J connectivity index is 4.35. The first-order valence-corrected chi connectivity index (χ1v) is 4.87. The Morgan fingerprint density at radius 3 is 2.44 bits per heavy atom. The zero-order valence-corrected chi connectivity index (χ0v) is 10.1.